The predicted molar refractivity (Wildman–Crippen MR) is 139 cm³/mol. The Bertz CT molecular complexity index is 1310. The molecule has 0 unspecified atom stereocenters. The van der Waals surface area contributed by atoms with Gasteiger partial charge in [0, 0.05) is 25.9 Å². The van der Waals surface area contributed by atoms with E-state index in [-0.39, 0.29) is 17.8 Å². The first-order valence-corrected chi connectivity index (χ1v) is 12.8. The highest BCUT2D eigenvalue weighted by Gasteiger charge is 2.29. The molecule has 2 aliphatic rings. The molecule has 2 aliphatic heterocycles. The standard InChI is InChI=1S/C29H33N3O4/c1-3-35-29(34)24-5-4-13-32(18-24)28(33)15-20-6-7-23-16-21(9-11-27(23)36-14-12-20)22-8-10-25-26(17-22)31-19(2)30-25/h6,8-11,16-17,24H,3-5,7,12-15,18H2,1-2H3,(H,30,31)/b20-6+/t24-/m0/s1. The molecule has 7 heteroatoms. The number of carbonyl (C=O) groups excluding carboxylic acids is 2. The first-order chi connectivity index (χ1) is 17.5. The van der Waals surface area contributed by atoms with Crippen molar-refractivity contribution in [1.82, 2.24) is 14.9 Å². The second-order valence-corrected chi connectivity index (χ2v) is 9.65. The molecular formula is C29H33N3O4. The molecule has 0 radical (unpaired) electrons. The molecule has 1 fully saturated rings. The van der Waals surface area contributed by atoms with E-state index >= 15 is 0 Å². The van der Waals surface area contributed by atoms with Crippen molar-refractivity contribution < 1.29 is 19.1 Å². The van der Waals surface area contributed by atoms with Crippen molar-refractivity contribution in [3.63, 3.8) is 0 Å². The van der Waals surface area contributed by atoms with Crippen LogP contribution in [0.2, 0.25) is 0 Å². The monoisotopic (exact) mass is 487 g/mol. The van der Waals surface area contributed by atoms with Crippen LogP contribution in [0.5, 0.6) is 5.75 Å². The van der Waals surface area contributed by atoms with E-state index in [9.17, 15) is 9.59 Å². The summed E-state index contributed by atoms with van der Waals surface area (Å²) in [6.45, 7) is 5.83. The lowest BCUT2D eigenvalue weighted by molar-refractivity contribution is -0.151. The number of likely N-dealkylation sites (tertiary alicyclic amines) is 1. The quantitative estimate of drug-likeness (QED) is 0.405. The lowest BCUT2D eigenvalue weighted by Crippen LogP contribution is -2.42. The maximum absolute atomic E-state index is 13.1. The molecule has 1 N–H and O–H groups in total. The summed E-state index contributed by atoms with van der Waals surface area (Å²) in [7, 11) is 0. The molecule has 3 aromatic rings. The van der Waals surface area contributed by atoms with Crippen LogP contribution in [0.4, 0.5) is 0 Å². The van der Waals surface area contributed by atoms with E-state index in [2.05, 4.69) is 40.3 Å². The number of piperidine rings is 1. The van der Waals surface area contributed by atoms with Crippen LogP contribution in [0, 0.1) is 12.8 Å². The third-order valence-corrected chi connectivity index (χ3v) is 7.06. The smallest absolute Gasteiger partial charge is 0.310 e. The molecule has 1 saturated heterocycles. The number of ether oxygens (including phenoxy) is 2. The van der Waals surface area contributed by atoms with Crippen LogP contribution in [-0.4, -0.2) is 53.0 Å². The third kappa shape index (κ3) is 5.30. The zero-order chi connectivity index (χ0) is 25.1. The normalized spacial score (nSPS) is 19.4. The van der Waals surface area contributed by atoms with E-state index in [1.807, 2.05) is 30.9 Å². The van der Waals surface area contributed by atoms with Gasteiger partial charge in [-0.15, -0.1) is 0 Å². The zero-order valence-electron chi connectivity index (χ0n) is 21.0. The van der Waals surface area contributed by atoms with Crippen LogP contribution in [0.25, 0.3) is 22.2 Å². The van der Waals surface area contributed by atoms with Crippen LogP contribution in [0.15, 0.2) is 48.0 Å². The van der Waals surface area contributed by atoms with E-state index < -0.39 is 0 Å². The number of imidazole rings is 1. The summed E-state index contributed by atoms with van der Waals surface area (Å²) in [6, 6.07) is 12.6. The van der Waals surface area contributed by atoms with Crippen molar-refractivity contribution in [2.45, 2.75) is 46.0 Å². The Kier molecular flexibility index (Phi) is 7.07. The van der Waals surface area contributed by atoms with Gasteiger partial charge in [0.2, 0.25) is 5.91 Å². The van der Waals surface area contributed by atoms with Crippen LogP contribution in [0.1, 0.15) is 44.0 Å². The molecule has 7 nitrogen and oxygen atoms in total. The lowest BCUT2D eigenvalue weighted by atomic mass is 9.96. The Hall–Kier alpha value is -3.61. The topological polar surface area (TPSA) is 84.5 Å². The summed E-state index contributed by atoms with van der Waals surface area (Å²) in [6.07, 6.45) is 5.59. The molecule has 5 rings (SSSR count). The maximum Gasteiger partial charge on any atom is 0.310 e. The number of hydrogen-bond acceptors (Lipinski definition) is 5. The molecule has 1 atom stereocenters. The Labute approximate surface area is 211 Å². The van der Waals surface area contributed by atoms with Gasteiger partial charge in [0.1, 0.15) is 11.6 Å². The van der Waals surface area contributed by atoms with Crippen molar-refractivity contribution in [2.75, 3.05) is 26.3 Å². The fraction of sp³-hybridized carbons (Fsp3) is 0.414. The second kappa shape index (κ2) is 10.6. The van der Waals surface area contributed by atoms with Crippen molar-refractivity contribution in [3.05, 3.63) is 59.4 Å². The van der Waals surface area contributed by atoms with E-state index in [0.29, 0.717) is 39.1 Å². The number of fused-ring (bicyclic) bond motifs is 2. The van der Waals surface area contributed by atoms with Crippen LogP contribution < -0.4 is 4.74 Å². The first-order valence-electron chi connectivity index (χ1n) is 12.8. The summed E-state index contributed by atoms with van der Waals surface area (Å²) in [4.78, 5) is 34.9. The van der Waals surface area contributed by atoms with Gasteiger partial charge in [0.25, 0.3) is 0 Å². The van der Waals surface area contributed by atoms with Crippen LogP contribution in [-0.2, 0) is 20.7 Å². The molecule has 188 valence electrons. The second-order valence-electron chi connectivity index (χ2n) is 9.65. The highest BCUT2D eigenvalue weighted by atomic mass is 16.5. The number of rotatable bonds is 5. The molecule has 36 heavy (non-hydrogen) atoms. The van der Waals surface area contributed by atoms with Gasteiger partial charge in [-0.05, 0) is 74.1 Å². The average Bonchev–Trinajstić information content (AvgIpc) is 3.25. The number of carbonyl (C=O) groups is 2. The maximum atomic E-state index is 13.1. The largest absolute Gasteiger partial charge is 0.493 e. The predicted octanol–water partition coefficient (Wildman–Crippen LogP) is 4.98. The Morgan fingerprint density at radius 2 is 2.03 bits per heavy atom. The molecule has 0 bridgehead atoms. The number of nitrogens with zero attached hydrogens (tertiary/aromatic N) is 2. The molecule has 0 saturated carbocycles. The molecule has 1 aromatic heterocycles. The minimum absolute atomic E-state index is 0.0768. The van der Waals surface area contributed by atoms with Gasteiger partial charge in [0.15, 0.2) is 0 Å². The van der Waals surface area contributed by atoms with E-state index in [4.69, 9.17) is 9.47 Å². The van der Waals surface area contributed by atoms with Crippen molar-refractivity contribution in [2.24, 2.45) is 5.92 Å². The number of nitrogens with one attached hydrogen (secondary N) is 1. The van der Waals surface area contributed by atoms with Crippen molar-refractivity contribution >= 4 is 22.9 Å². The number of aryl methyl sites for hydroxylation is 1. The number of aromatic nitrogens is 2. The fourth-order valence-corrected chi connectivity index (χ4v) is 5.15. The van der Waals surface area contributed by atoms with Gasteiger partial charge >= 0.3 is 5.97 Å². The Morgan fingerprint density at radius 1 is 1.19 bits per heavy atom. The molecule has 0 spiro atoms. The fourth-order valence-electron chi connectivity index (χ4n) is 5.15. The number of hydrogen-bond donors (Lipinski definition) is 1. The van der Waals surface area contributed by atoms with Gasteiger partial charge in [-0.3, -0.25) is 9.59 Å². The van der Waals surface area contributed by atoms with Gasteiger partial charge in [-0.1, -0.05) is 23.8 Å². The number of amides is 1. The summed E-state index contributed by atoms with van der Waals surface area (Å²) in [5, 5.41) is 0. The van der Waals surface area contributed by atoms with Crippen molar-refractivity contribution in [3.8, 4) is 16.9 Å². The number of allylic oxidation sites excluding steroid dienone is 1. The first kappa shape index (κ1) is 24.1. The molecular weight excluding hydrogens is 454 g/mol. The zero-order valence-corrected chi connectivity index (χ0v) is 21.0. The molecule has 3 heterocycles. The number of H-pyrrole nitrogens is 1. The van der Waals surface area contributed by atoms with E-state index in [1.165, 1.54) is 0 Å². The van der Waals surface area contributed by atoms with Gasteiger partial charge < -0.3 is 19.4 Å². The molecule has 0 aliphatic carbocycles. The van der Waals surface area contributed by atoms with Gasteiger partial charge in [-0.25, -0.2) is 4.98 Å². The summed E-state index contributed by atoms with van der Waals surface area (Å²) >= 11 is 0. The summed E-state index contributed by atoms with van der Waals surface area (Å²) < 4.78 is 11.3. The highest BCUT2D eigenvalue weighted by Crippen LogP contribution is 2.31. The number of esters is 1. The minimum atomic E-state index is -0.215. The molecule has 2 aromatic carbocycles. The van der Waals surface area contributed by atoms with Gasteiger partial charge in [-0.2, -0.15) is 0 Å². The SMILES string of the molecule is CCOC(=O)[C@H]1CCCN(C(=O)C/C2=C/Cc3cc(-c4ccc5nc(C)[nH]c5c4)ccc3OCC2)C1. The molecule has 1 amide bonds. The Morgan fingerprint density at radius 3 is 2.89 bits per heavy atom. The number of benzene rings is 2. The minimum Gasteiger partial charge on any atom is -0.493 e. The Balaban J connectivity index is 1.28. The van der Waals surface area contributed by atoms with Crippen LogP contribution in [0.3, 0.4) is 0 Å². The average molecular weight is 488 g/mol. The summed E-state index contributed by atoms with van der Waals surface area (Å²) in [5.41, 5.74) is 6.43. The van der Waals surface area contributed by atoms with E-state index in [1.54, 1.807) is 0 Å². The van der Waals surface area contributed by atoms with Gasteiger partial charge in [0.05, 0.1) is 30.2 Å². The third-order valence-electron chi connectivity index (χ3n) is 7.06. The van der Waals surface area contributed by atoms with Crippen LogP contribution >= 0.6 is 0 Å². The number of aromatic amines is 1. The highest BCUT2D eigenvalue weighted by molar-refractivity contribution is 5.82. The van der Waals surface area contributed by atoms with E-state index in [0.717, 1.165) is 64.1 Å². The lowest BCUT2D eigenvalue weighted by Gasteiger charge is -2.32. The van der Waals surface area contributed by atoms with Crippen molar-refractivity contribution in [1.29, 1.82) is 0 Å². The summed E-state index contributed by atoms with van der Waals surface area (Å²) in [5.74, 6) is 1.47.